The molecule has 25 heavy (non-hydrogen) atoms. The van der Waals surface area contributed by atoms with Crippen molar-refractivity contribution in [3.8, 4) is 0 Å². The maximum Gasteiger partial charge on any atom is 0.252 e. The Balaban J connectivity index is 2.06. The van der Waals surface area contributed by atoms with Crippen LogP contribution in [0.2, 0.25) is 5.02 Å². The van der Waals surface area contributed by atoms with E-state index in [1.165, 1.54) is 4.31 Å². The van der Waals surface area contributed by atoms with E-state index >= 15 is 0 Å². The van der Waals surface area contributed by atoms with Gasteiger partial charge in [-0.1, -0.05) is 42.8 Å². The molecule has 0 aliphatic heterocycles. The molecule has 0 aliphatic rings. The zero-order valence-corrected chi connectivity index (χ0v) is 15.8. The number of carbonyl (C=O) groups is 1. The Hall–Kier alpha value is -2.05. The van der Waals surface area contributed by atoms with Gasteiger partial charge in [-0.25, -0.2) is 8.42 Å². The molecule has 0 radical (unpaired) electrons. The van der Waals surface area contributed by atoms with E-state index in [0.29, 0.717) is 16.3 Å². The quantitative estimate of drug-likeness (QED) is 0.802. The number of aryl methyl sites for hydroxylation is 1. The summed E-state index contributed by atoms with van der Waals surface area (Å²) in [5.74, 6) is -0.333. The van der Waals surface area contributed by atoms with Gasteiger partial charge in [0.05, 0.1) is 29.1 Å². The maximum absolute atomic E-state index is 12.2. The molecule has 0 aromatic heterocycles. The van der Waals surface area contributed by atoms with Gasteiger partial charge in [0.15, 0.2) is 0 Å². The van der Waals surface area contributed by atoms with Crippen LogP contribution in [0.25, 0.3) is 0 Å². The molecule has 5 nitrogen and oxygen atoms in total. The van der Waals surface area contributed by atoms with Gasteiger partial charge in [-0.3, -0.25) is 9.10 Å². The predicted octanol–water partition coefficient (Wildman–Crippen LogP) is 3.10. The molecule has 0 heterocycles. The number of anilines is 1. The summed E-state index contributed by atoms with van der Waals surface area (Å²) in [6, 6.07) is 14.1. The van der Waals surface area contributed by atoms with Crippen molar-refractivity contribution < 1.29 is 13.2 Å². The highest BCUT2D eigenvalue weighted by molar-refractivity contribution is 7.92. The molecule has 0 atom stereocenters. The molecule has 134 valence electrons. The van der Waals surface area contributed by atoms with E-state index in [1.54, 1.807) is 36.4 Å². The third kappa shape index (κ3) is 5.21. The van der Waals surface area contributed by atoms with Gasteiger partial charge in [0, 0.05) is 6.54 Å². The Bertz CT molecular complexity index is 836. The normalized spacial score (nSPS) is 11.2. The Kier molecular flexibility index (Phi) is 6.45. The predicted molar refractivity (Wildman–Crippen MR) is 102 cm³/mol. The number of nitrogens with zero attached hydrogens (tertiary/aromatic N) is 1. The fourth-order valence-electron chi connectivity index (χ4n) is 2.40. The lowest BCUT2D eigenvalue weighted by atomic mass is 10.1. The molecule has 0 aliphatic carbocycles. The number of hydrogen-bond donors (Lipinski definition) is 1. The molecule has 0 bridgehead atoms. The molecular formula is C18H21ClN2O3S. The van der Waals surface area contributed by atoms with Gasteiger partial charge in [0.2, 0.25) is 10.0 Å². The van der Waals surface area contributed by atoms with Crippen LogP contribution in [0.5, 0.6) is 0 Å². The van der Waals surface area contributed by atoms with E-state index in [4.69, 9.17) is 11.6 Å². The highest BCUT2D eigenvalue weighted by atomic mass is 35.5. The molecule has 1 amide bonds. The molecule has 1 N–H and O–H groups in total. The number of amides is 1. The van der Waals surface area contributed by atoms with E-state index in [9.17, 15) is 13.2 Å². The highest BCUT2D eigenvalue weighted by Crippen LogP contribution is 2.18. The number of nitrogens with one attached hydrogen (secondary N) is 1. The summed E-state index contributed by atoms with van der Waals surface area (Å²) >= 11 is 5.99. The van der Waals surface area contributed by atoms with Crippen LogP contribution in [-0.2, 0) is 16.4 Å². The first-order valence-corrected chi connectivity index (χ1v) is 10.1. The van der Waals surface area contributed by atoms with Crippen LogP contribution < -0.4 is 9.62 Å². The zero-order chi connectivity index (χ0) is 18.4. The second kappa shape index (κ2) is 8.36. The minimum atomic E-state index is -3.45. The summed E-state index contributed by atoms with van der Waals surface area (Å²) in [5.41, 5.74) is 2.07. The Morgan fingerprint density at radius 3 is 2.32 bits per heavy atom. The van der Waals surface area contributed by atoms with Gasteiger partial charge < -0.3 is 5.32 Å². The Labute approximate surface area is 153 Å². The largest absolute Gasteiger partial charge is 0.350 e. The van der Waals surface area contributed by atoms with Crippen LogP contribution >= 0.6 is 11.6 Å². The van der Waals surface area contributed by atoms with Crippen molar-refractivity contribution in [3.05, 3.63) is 64.7 Å². The van der Waals surface area contributed by atoms with Crippen molar-refractivity contribution in [2.75, 3.05) is 23.7 Å². The van der Waals surface area contributed by atoms with Crippen molar-refractivity contribution in [3.63, 3.8) is 0 Å². The fraction of sp³-hybridized carbons (Fsp3) is 0.278. The second-order valence-electron chi connectivity index (χ2n) is 5.59. The van der Waals surface area contributed by atoms with E-state index in [2.05, 4.69) is 5.32 Å². The van der Waals surface area contributed by atoms with Gasteiger partial charge in [0.25, 0.3) is 5.91 Å². The first kappa shape index (κ1) is 19.3. The molecule has 7 heteroatoms. The van der Waals surface area contributed by atoms with Crippen molar-refractivity contribution in [1.82, 2.24) is 5.32 Å². The highest BCUT2D eigenvalue weighted by Gasteiger charge is 2.18. The van der Waals surface area contributed by atoms with E-state index in [0.717, 1.165) is 18.2 Å². The van der Waals surface area contributed by atoms with Gasteiger partial charge in [0.1, 0.15) is 0 Å². The lowest BCUT2D eigenvalue weighted by molar-refractivity contribution is 0.0955. The van der Waals surface area contributed by atoms with Crippen LogP contribution in [0, 0.1) is 0 Å². The summed E-state index contributed by atoms with van der Waals surface area (Å²) < 4.78 is 25.4. The number of rotatable bonds is 7. The van der Waals surface area contributed by atoms with Crippen molar-refractivity contribution in [1.29, 1.82) is 0 Å². The lowest BCUT2D eigenvalue weighted by Crippen LogP contribution is -2.38. The number of sulfonamides is 1. The van der Waals surface area contributed by atoms with Gasteiger partial charge in [-0.05, 0) is 36.2 Å². The maximum atomic E-state index is 12.2. The lowest BCUT2D eigenvalue weighted by Gasteiger charge is -2.23. The standard InChI is InChI=1S/C18H21ClN2O3S/c1-3-14-8-10-15(11-9-14)21(25(2,23)24)13-12-20-18(22)16-6-4-5-7-17(16)19/h4-11H,3,12-13H2,1-2H3,(H,20,22). The first-order valence-electron chi connectivity index (χ1n) is 7.92. The zero-order valence-electron chi connectivity index (χ0n) is 14.2. The Morgan fingerprint density at radius 1 is 1.12 bits per heavy atom. The number of hydrogen-bond acceptors (Lipinski definition) is 3. The topological polar surface area (TPSA) is 66.5 Å². The fourth-order valence-corrected chi connectivity index (χ4v) is 3.55. The molecule has 0 saturated heterocycles. The molecule has 2 aromatic carbocycles. The third-order valence-corrected chi connectivity index (χ3v) is 5.28. The molecular weight excluding hydrogens is 360 g/mol. The van der Waals surface area contributed by atoms with Crippen LogP contribution in [0.1, 0.15) is 22.8 Å². The van der Waals surface area contributed by atoms with Crippen LogP contribution in [-0.4, -0.2) is 33.7 Å². The van der Waals surface area contributed by atoms with Crippen molar-refractivity contribution >= 4 is 33.2 Å². The molecule has 0 saturated carbocycles. The minimum Gasteiger partial charge on any atom is -0.350 e. The summed E-state index contributed by atoms with van der Waals surface area (Å²) in [5, 5.41) is 3.06. The summed E-state index contributed by atoms with van der Waals surface area (Å²) in [6.45, 7) is 2.35. The van der Waals surface area contributed by atoms with Crippen LogP contribution in [0.3, 0.4) is 0 Å². The summed E-state index contributed by atoms with van der Waals surface area (Å²) in [6.07, 6.45) is 2.03. The SMILES string of the molecule is CCc1ccc(N(CCNC(=O)c2ccccc2Cl)S(C)(=O)=O)cc1. The molecule has 0 spiro atoms. The van der Waals surface area contributed by atoms with Crippen molar-refractivity contribution in [2.24, 2.45) is 0 Å². The number of benzene rings is 2. The van der Waals surface area contributed by atoms with Crippen molar-refractivity contribution in [2.45, 2.75) is 13.3 Å². The minimum absolute atomic E-state index is 0.139. The third-order valence-electron chi connectivity index (χ3n) is 3.75. The van der Waals surface area contributed by atoms with Gasteiger partial charge >= 0.3 is 0 Å². The summed E-state index contributed by atoms with van der Waals surface area (Å²) in [7, 11) is -3.45. The Morgan fingerprint density at radius 2 is 1.76 bits per heavy atom. The molecule has 0 unspecified atom stereocenters. The monoisotopic (exact) mass is 380 g/mol. The van der Waals surface area contributed by atoms with Gasteiger partial charge in [-0.2, -0.15) is 0 Å². The molecule has 0 fully saturated rings. The van der Waals surface area contributed by atoms with Gasteiger partial charge in [-0.15, -0.1) is 0 Å². The number of halogens is 1. The molecule has 2 aromatic rings. The van der Waals surface area contributed by atoms with Crippen LogP contribution in [0.15, 0.2) is 48.5 Å². The smallest absolute Gasteiger partial charge is 0.252 e. The molecule has 2 rings (SSSR count). The van der Waals surface area contributed by atoms with E-state index < -0.39 is 10.0 Å². The number of carbonyl (C=O) groups excluding carboxylic acids is 1. The van der Waals surface area contributed by atoms with E-state index in [1.807, 2.05) is 19.1 Å². The average Bonchev–Trinajstić information content (AvgIpc) is 2.58. The summed E-state index contributed by atoms with van der Waals surface area (Å²) in [4.78, 5) is 12.2. The van der Waals surface area contributed by atoms with Crippen LogP contribution in [0.4, 0.5) is 5.69 Å². The van der Waals surface area contributed by atoms with E-state index in [-0.39, 0.29) is 19.0 Å². The average molecular weight is 381 g/mol. The second-order valence-corrected chi connectivity index (χ2v) is 7.90. The first-order chi connectivity index (χ1) is 11.8.